The minimum Gasteiger partial charge on any atom is -0.506 e. The van der Waals surface area contributed by atoms with Gasteiger partial charge < -0.3 is 14.9 Å². The Labute approximate surface area is 102 Å². The Kier molecular flexibility index (Phi) is 3.01. The molecule has 0 atom stereocenters. The highest BCUT2D eigenvalue weighted by atomic mass is 35.5. The van der Waals surface area contributed by atoms with Crippen LogP contribution >= 0.6 is 11.6 Å². The van der Waals surface area contributed by atoms with E-state index >= 15 is 0 Å². The van der Waals surface area contributed by atoms with Crippen molar-refractivity contribution in [2.45, 2.75) is 6.92 Å². The molecule has 1 amide bonds. The van der Waals surface area contributed by atoms with Crippen molar-refractivity contribution in [1.82, 2.24) is 5.16 Å². The Balaban J connectivity index is 2.19. The molecule has 2 aromatic rings. The van der Waals surface area contributed by atoms with Gasteiger partial charge in [0.05, 0.1) is 11.2 Å². The van der Waals surface area contributed by atoms with Crippen LogP contribution in [0, 0.1) is 6.92 Å². The van der Waals surface area contributed by atoms with Gasteiger partial charge in [-0.3, -0.25) is 4.79 Å². The van der Waals surface area contributed by atoms with Gasteiger partial charge in [-0.25, -0.2) is 0 Å². The van der Waals surface area contributed by atoms with Crippen LogP contribution in [0.25, 0.3) is 0 Å². The lowest BCUT2D eigenvalue weighted by molar-refractivity contribution is 0.102. The maximum Gasteiger partial charge on any atom is 0.260 e. The molecule has 0 spiro atoms. The molecule has 0 bridgehead atoms. The van der Waals surface area contributed by atoms with Crippen molar-refractivity contribution in [3.05, 3.63) is 40.7 Å². The van der Waals surface area contributed by atoms with Gasteiger partial charge in [0.2, 0.25) is 0 Å². The van der Waals surface area contributed by atoms with E-state index in [4.69, 9.17) is 16.1 Å². The Bertz CT molecular complexity index is 566. The van der Waals surface area contributed by atoms with Crippen molar-refractivity contribution in [3.8, 4) is 5.75 Å². The van der Waals surface area contributed by atoms with Gasteiger partial charge in [0, 0.05) is 11.8 Å². The molecule has 0 aliphatic heterocycles. The lowest BCUT2D eigenvalue weighted by Gasteiger charge is -2.05. The molecule has 0 saturated carbocycles. The molecule has 5 nitrogen and oxygen atoms in total. The molecule has 0 saturated heterocycles. The van der Waals surface area contributed by atoms with Crippen LogP contribution in [0.1, 0.15) is 16.1 Å². The van der Waals surface area contributed by atoms with Gasteiger partial charge >= 0.3 is 0 Å². The number of phenols is 1. The highest BCUT2D eigenvalue weighted by Crippen LogP contribution is 2.26. The Morgan fingerprint density at radius 1 is 1.53 bits per heavy atom. The van der Waals surface area contributed by atoms with E-state index < -0.39 is 0 Å². The third kappa shape index (κ3) is 2.39. The van der Waals surface area contributed by atoms with E-state index in [2.05, 4.69) is 10.5 Å². The number of aryl methyl sites for hydroxylation is 1. The molecule has 0 aliphatic carbocycles. The van der Waals surface area contributed by atoms with Gasteiger partial charge in [-0.05, 0) is 19.1 Å². The highest BCUT2D eigenvalue weighted by molar-refractivity contribution is 6.32. The second kappa shape index (κ2) is 4.47. The first-order valence-corrected chi connectivity index (χ1v) is 5.17. The van der Waals surface area contributed by atoms with E-state index in [-0.39, 0.29) is 16.7 Å². The topological polar surface area (TPSA) is 75.4 Å². The molecule has 0 unspecified atom stereocenters. The maximum absolute atomic E-state index is 11.8. The Hall–Kier alpha value is -2.01. The van der Waals surface area contributed by atoms with E-state index in [0.29, 0.717) is 17.0 Å². The fourth-order valence-electron chi connectivity index (χ4n) is 1.31. The average molecular weight is 253 g/mol. The highest BCUT2D eigenvalue weighted by Gasteiger charge is 2.13. The summed E-state index contributed by atoms with van der Waals surface area (Å²) in [5.41, 5.74) is 0.789. The number of hydrogen-bond acceptors (Lipinski definition) is 4. The SMILES string of the molecule is Cc1oncc1C(=O)Nc1ccc(Cl)c(O)c1. The quantitative estimate of drug-likeness (QED) is 0.861. The van der Waals surface area contributed by atoms with Crippen molar-refractivity contribution < 1.29 is 14.4 Å². The Morgan fingerprint density at radius 3 is 2.88 bits per heavy atom. The van der Waals surface area contributed by atoms with Crippen LogP contribution in [0.5, 0.6) is 5.75 Å². The molecule has 1 heterocycles. The summed E-state index contributed by atoms with van der Waals surface area (Å²) < 4.78 is 4.78. The number of amides is 1. The number of carbonyl (C=O) groups is 1. The normalized spacial score (nSPS) is 10.2. The van der Waals surface area contributed by atoms with Crippen molar-refractivity contribution in [2.24, 2.45) is 0 Å². The molecule has 1 aromatic carbocycles. The zero-order valence-electron chi connectivity index (χ0n) is 8.90. The van der Waals surface area contributed by atoms with Gasteiger partial charge in [-0.15, -0.1) is 0 Å². The van der Waals surface area contributed by atoms with Gasteiger partial charge in [0.25, 0.3) is 5.91 Å². The standard InChI is InChI=1S/C11H9ClN2O3/c1-6-8(5-13-17-6)11(16)14-7-2-3-9(12)10(15)4-7/h2-5,15H,1H3,(H,14,16). The van der Waals surface area contributed by atoms with Gasteiger partial charge in [-0.1, -0.05) is 16.8 Å². The summed E-state index contributed by atoms with van der Waals surface area (Å²) >= 11 is 5.65. The first-order chi connectivity index (χ1) is 8.08. The van der Waals surface area contributed by atoms with E-state index in [1.807, 2.05) is 0 Å². The number of benzene rings is 1. The molecule has 0 fully saturated rings. The van der Waals surface area contributed by atoms with Crippen molar-refractivity contribution in [1.29, 1.82) is 0 Å². The van der Waals surface area contributed by atoms with Crippen LogP contribution in [0.4, 0.5) is 5.69 Å². The zero-order valence-corrected chi connectivity index (χ0v) is 9.65. The predicted molar refractivity (Wildman–Crippen MR) is 62.3 cm³/mol. The molecule has 88 valence electrons. The molecule has 0 radical (unpaired) electrons. The molecule has 1 aromatic heterocycles. The van der Waals surface area contributed by atoms with Crippen LogP contribution in [0.3, 0.4) is 0 Å². The molecule has 2 N–H and O–H groups in total. The second-order valence-corrected chi connectivity index (χ2v) is 3.82. The number of hydrogen-bond donors (Lipinski definition) is 2. The van der Waals surface area contributed by atoms with E-state index in [1.54, 1.807) is 13.0 Å². The third-order valence-corrected chi connectivity index (χ3v) is 2.52. The lowest BCUT2D eigenvalue weighted by Crippen LogP contribution is -2.11. The van der Waals surface area contributed by atoms with E-state index in [0.717, 1.165) is 0 Å². The van der Waals surface area contributed by atoms with Crippen molar-refractivity contribution in [2.75, 3.05) is 5.32 Å². The summed E-state index contributed by atoms with van der Waals surface area (Å²) in [4.78, 5) is 11.8. The van der Waals surface area contributed by atoms with Crippen molar-refractivity contribution >= 4 is 23.2 Å². The molecular weight excluding hydrogens is 244 g/mol. The molecular formula is C11H9ClN2O3. The molecule has 0 aliphatic rings. The van der Waals surface area contributed by atoms with E-state index in [9.17, 15) is 9.90 Å². The van der Waals surface area contributed by atoms with E-state index in [1.165, 1.54) is 18.3 Å². The third-order valence-electron chi connectivity index (χ3n) is 2.20. The molecule has 2 rings (SSSR count). The number of nitrogens with zero attached hydrogens (tertiary/aromatic N) is 1. The fraction of sp³-hybridized carbons (Fsp3) is 0.0909. The number of anilines is 1. The first-order valence-electron chi connectivity index (χ1n) is 4.79. The largest absolute Gasteiger partial charge is 0.506 e. The summed E-state index contributed by atoms with van der Waals surface area (Å²) in [6, 6.07) is 4.44. The minimum absolute atomic E-state index is 0.0912. The smallest absolute Gasteiger partial charge is 0.260 e. The fourth-order valence-corrected chi connectivity index (χ4v) is 1.42. The number of aromatic nitrogens is 1. The van der Waals surface area contributed by atoms with Crippen LogP contribution in [-0.4, -0.2) is 16.2 Å². The van der Waals surface area contributed by atoms with Crippen LogP contribution in [-0.2, 0) is 0 Å². The summed E-state index contributed by atoms with van der Waals surface area (Å²) in [6.07, 6.45) is 1.33. The molecule has 17 heavy (non-hydrogen) atoms. The number of aromatic hydroxyl groups is 1. The minimum atomic E-state index is -0.356. The van der Waals surface area contributed by atoms with Gasteiger partial charge in [0.1, 0.15) is 17.1 Å². The molecule has 6 heteroatoms. The first kappa shape index (κ1) is 11.5. The second-order valence-electron chi connectivity index (χ2n) is 3.42. The number of carbonyl (C=O) groups excluding carboxylic acids is 1. The maximum atomic E-state index is 11.8. The number of phenolic OH excluding ortho intramolecular Hbond substituents is 1. The summed E-state index contributed by atoms with van der Waals surface area (Å²) in [5.74, 6) is -0.0161. The predicted octanol–water partition coefficient (Wildman–Crippen LogP) is 2.59. The monoisotopic (exact) mass is 252 g/mol. The summed E-state index contributed by atoms with van der Waals surface area (Å²) in [6.45, 7) is 1.64. The number of nitrogens with one attached hydrogen (secondary N) is 1. The summed E-state index contributed by atoms with van der Waals surface area (Å²) in [5, 5.41) is 15.7. The average Bonchev–Trinajstić information content (AvgIpc) is 2.70. The zero-order chi connectivity index (χ0) is 12.4. The number of halogens is 1. The summed E-state index contributed by atoms with van der Waals surface area (Å²) in [7, 11) is 0. The van der Waals surface area contributed by atoms with Gasteiger partial charge in [0.15, 0.2) is 0 Å². The van der Waals surface area contributed by atoms with Crippen molar-refractivity contribution in [3.63, 3.8) is 0 Å². The number of rotatable bonds is 2. The lowest BCUT2D eigenvalue weighted by atomic mass is 10.2. The van der Waals surface area contributed by atoms with Crippen LogP contribution in [0.2, 0.25) is 5.02 Å². The Morgan fingerprint density at radius 2 is 2.29 bits per heavy atom. The van der Waals surface area contributed by atoms with Crippen LogP contribution < -0.4 is 5.32 Å². The van der Waals surface area contributed by atoms with Gasteiger partial charge in [-0.2, -0.15) is 0 Å². The van der Waals surface area contributed by atoms with Crippen LogP contribution in [0.15, 0.2) is 28.9 Å².